The molecule has 1 aliphatic heterocycles. The lowest BCUT2D eigenvalue weighted by atomic mass is 9.96. The van der Waals surface area contributed by atoms with Crippen LogP contribution in [-0.4, -0.2) is 91.8 Å². The van der Waals surface area contributed by atoms with Gasteiger partial charge < -0.3 is 14.5 Å². The van der Waals surface area contributed by atoms with E-state index < -0.39 is 21.6 Å². The van der Waals surface area contributed by atoms with Gasteiger partial charge in [0.2, 0.25) is 15.9 Å². The maximum absolute atomic E-state index is 13.2. The predicted molar refractivity (Wildman–Crippen MR) is 122 cm³/mol. The van der Waals surface area contributed by atoms with Gasteiger partial charge in [-0.05, 0) is 59.8 Å². The molecule has 0 spiro atoms. The Morgan fingerprint density at radius 1 is 1.22 bits per heavy atom. The fourth-order valence-corrected chi connectivity index (χ4v) is 5.32. The lowest BCUT2D eigenvalue weighted by Crippen LogP contribution is -2.48. The highest BCUT2D eigenvalue weighted by molar-refractivity contribution is 7.89. The third kappa shape index (κ3) is 7.40. The minimum absolute atomic E-state index is 0.0380. The number of nitrogens with zero attached hydrogens (tertiary/aromatic N) is 4. The van der Waals surface area contributed by atoms with Gasteiger partial charge in [-0.3, -0.25) is 9.59 Å². The molecule has 1 aliphatic rings. The van der Waals surface area contributed by atoms with Crippen LogP contribution >= 0.6 is 11.6 Å². The molecule has 1 fully saturated rings. The molecule has 2 rings (SSSR count). The van der Waals surface area contributed by atoms with Crippen LogP contribution in [-0.2, 0) is 24.3 Å². The maximum atomic E-state index is 13.2. The monoisotopic (exact) mass is 488 g/mol. The molecule has 0 atom stereocenters. The van der Waals surface area contributed by atoms with E-state index in [1.165, 1.54) is 27.5 Å². The van der Waals surface area contributed by atoms with Crippen molar-refractivity contribution < 1.29 is 22.7 Å². The molecule has 1 aromatic heterocycles. The highest BCUT2D eigenvalue weighted by Crippen LogP contribution is 2.28. The number of likely N-dealkylation sites (N-methyl/N-ethyl adjacent to an activating group) is 1. The van der Waals surface area contributed by atoms with Crippen molar-refractivity contribution in [2.45, 2.75) is 44.1 Å². The zero-order valence-electron chi connectivity index (χ0n) is 19.4. The van der Waals surface area contributed by atoms with Gasteiger partial charge in [-0.1, -0.05) is 11.6 Å². The van der Waals surface area contributed by atoms with Gasteiger partial charge in [0.25, 0.3) is 0 Å². The average molecular weight is 489 g/mol. The van der Waals surface area contributed by atoms with Crippen molar-refractivity contribution in [1.82, 2.24) is 19.1 Å². The fraction of sp³-hybridized carbons (Fsp3) is 0.667. The second kappa shape index (κ2) is 10.9. The number of esters is 1. The Labute approximate surface area is 195 Å². The SMILES string of the molecule is CN(C)CCN(CC(=O)OC(C)(C)C)C(=O)C1CCN(S(=O)(=O)c2cccnc2Cl)CC1. The van der Waals surface area contributed by atoms with Gasteiger partial charge in [-0.25, -0.2) is 13.4 Å². The number of hydrogen-bond acceptors (Lipinski definition) is 7. The summed E-state index contributed by atoms with van der Waals surface area (Å²) in [5, 5.41) is -0.0714. The zero-order valence-corrected chi connectivity index (χ0v) is 20.9. The van der Waals surface area contributed by atoms with Crippen LogP contribution in [0.1, 0.15) is 33.6 Å². The van der Waals surface area contributed by atoms with Gasteiger partial charge in [0, 0.05) is 38.3 Å². The molecule has 0 saturated carbocycles. The van der Waals surface area contributed by atoms with E-state index in [1.54, 1.807) is 20.8 Å². The number of pyridine rings is 1. The van der Waals surface area contributed by atoms with Crippen LogP contribution in [0.3, 0.4) is 0 Å². The van der Waals surface area contributed by atoms with Crippen LogP contribution in [0.5, 0.6) is 0 Å². The van der Waals surface area contributed by atoms with Crippen LogP contribution in [0.25, 0.3) is 0 Å². The molecular formula is C21H33ClN4O5S. The van der Waals surface area contributed by atoms with E-state index in [2.05, 4.69) is 4.98 Å². The van der Waals surface area contributed by atoms with Gasteiger partial charge in [0.05, 0.1) is 0 Å². The maximum Gasteiger partial charge on any atom is 0.326 e. The summed E-state index contributed by atoms with van der Waals surface area (Å²) in [4.78, 5) is 32.8. The molecule has 0 N–H and O–H groups in total. The van der Waals surface area contributed by atoms with Gasteiger partial charge in [0.15, 0.2) is 0 Å². The highest BCUT2D eigenvalue weighted by Gasteiger charge is 2.35. The summed E-state index contributed by atoms with van der Waals surface area (Å²) < 4.78 is 32.5. The number of halogens is 1. The number of carbonyl (C=O) groups is 2. The van der Waals surface area contributed by atoms with E-state index in [9.17, 15) is 18.0 Å². The Morgan fingerprint density at radius 2 is 1.84 bits per heavy atom. The van der Waals surface area contributed by atoms with Gasteiger partial charge in [-0.2, -0.15) is 4.31 Å². The van der Waals surface area contributed by atoms with Crippen LogP contribution in [0, 0.1) is 5.92 Å². The van der Waals surface area contributed by atoms with Crippen molar-refractivity contribution in [3.63, 3.8) is 0 Å². The first kappa shape index (κ1) is 26.5. The second-order valence-corrected chi connectivity index (χ2v) is 11.4. The van der Waals surface area contributed by atoms with Crippen LogP contribution < -0.4 is 0 Å². The predicted octanol–water partition coefficient (Wildman–Crippen LogP) is 1.87. The number of sulfonamides is 1. The van der Waals surface area contributed by atoms with Crippen LogP contribution in [0.4, 0.5) is 0 Å². The number of piperidine rings is 1. The van der Waals surface area contributed by atoms with E-state index in [0.717, 1.165) is 0 Å². The van der Waals surface area contributed by atoms with Gasteiger partial charge >= 0.3 is 5.97 Å². The van der Waals surface area contributed by atoms with Crippen LogP contribution in [0.2, 0.25) is 5.15 Å². The summed E-state index contributed by atoms with van der Waals surface area (Å²) in [5.74, 6) is -0.986. The number of hydrogen-bond donors (Lipinski definition) is 0. The number of amides is 1. The van der Waals surface area contributed by atoms with Crippen molar-refractivity contribution in [3.8, 4) is 0 Å². The summed E-state index contributed by atoms with van der Waals surface area (Å²) in [6.07, 6.45) is 2.16. The molecule has 0 bridgehead atoms. The summed E-state index contributed by atoms with van der Waals surface area (Å²) in [6.45, 7) is 6.57. The van der Waals surface area contributed by atoms with Crippen molar-refractivity contribution in [2.24, 2.45) is 5.92 Å². The van der Waals surface area contributed by atoms with Crippen molar-refractivity contribution >= 4 is 33.5 Å². The first-order valence-corrected chi connectivity index (χ1v) is 12.4. The van der Waals surface area contributed by atoms with Gasteiger partial charge in [-0.15, -0.1) is 0 Å². The molecule has 0 radical (unpaired) electrons. The number of ether oxygens (including phenoxy) is 1. The molecule has 0 aliphatic carbocycles. The smallest absolute Gasteiger partial charge is 0.326 e. The normalized spacial score (nSPS) is 16.2. The molecule has 1 aromatic rings. The molecule has 11 heteroatoms. The van der Waals surface area contributed by atoms with Crippen LogP contribution in [0.15, 0.2) is 23.2 Å². The first-order valence-electron chi connectivity index (χ1n) is 10.6. The number of carbonyl (C=O) groups excluding carboxylic acids is 2. The van der Waals surface area contributed by atoms with Crippen molar-refractivity contribution in [3.05, 3.63) is 23.5 Å². The molecule has 0 unspecified atom stereocenters. The Balaban J connectivity index is 2.06. The Kier molecular flexibility index (Phi) is 9.04. The summed E-state index contributed by atoms with van der Waals surface area (Å²) in [6, 6.07) is 2.94. The Hall–Kier alpha value is -1.75. The topological polar surface area (TPSA) is 100 Å². The van der Waals surface area contributed by atoms with E-state index in [1.807, 2.05) is 19.0 Å². The molecular weight excluding hydrogens is 456 g/mol. The summed E-state index contributed by atoms with van der Waals surface area (Å²) >= 11 is 5.98. The second-order valence-electron chi connectivity index (χ2n) is 9.12. The van der Waals surface area contributed by atoms with E-state index in [4.69, 9.17) is 16.3 Å². The fourth-order valence-electron chi connectivity index (χ4n) is 3.42. The average Bonchev–Trinajstić information content (AvgIpc) is 2.69. The summed E-state index contributed by atoms with van der Waals surface area (Å²) in [7, 11) is -0.00584. The Bertz CT molecular complexity index is 909. The minimum atomic E-state index is -3.79. The third-order valence-electron chi connectivity index (χ3n) is 5.01. The number of rotatable bonds is 8. The van der Waals surface area contributed by atoms with E-state index in [0.29, 0.717) is 25.9 Å². The zero-order chi connectivity index (χ0) is 24.1. The van der Waals surface area contributed by atoms with Crippen molar-refractivity contribution in [2.75, 3.05) is 46.8 Å². The minimum Gasteiger partial charge on any atom is -0.459 e. The lowest BCUT2D eigenvalue weighted by Gasteiger charge is -2.34. The molecule has 2 heterocycles. The van der Waals surface area contributed by atoms with Crippen molar-refractivity contribution in [1.29, 1.82) is 0 Å². The standard InChI is InChI=1S/C21H33ClN4O5S/c1-21(2,3)31-18(27)15-25(14-13-24(4)5)20(28)16-8-11-26(12-9-16)32(29,30)17-7-6-10-23-19(17)22/h6-7,10,16H,8-9,11-15H2,1-5H3. The molecule has 0 aromatic carbocycles. The first-order chi connectivity index (χ1) is 14.8. The Morgan fingerprint density at radius 3 is 2.38 bits per heavy atom. The molecule has 9 nitrogen and oxygen atoms in total. The third-order valence-corrected chi connectivity index (χ3v) is 7.36. The number of aromatic nitrogens is 1. The largest absolute Gasteiger partial charge is 0.459 e. The van der Waals surface area contributed by atoms with Gasteiger partial charge in [0.1, 0.15) is 22.2 Å². The highest BCUT2D eigenvalue weighted by atomic mass is 35.5. The summed E-state index contributed by atoms with van der Waals surface area (Å²) in [5.41, 5.74) is -0.638. The molecule has 1 amide bonds. The molecule has 1 saturated heterocycles. The quantitative estimate of drug-likeness (QED) is 0.406. The molecule has 180 valence electrons. The lowest BCUT2D eigenvalue weighted by molar-refractivity contribution is -0.160. The van der Waals surface area contributed by atoms with E-state index in [-0.39, 0.29) is 41.5 Å². The molecule has 32 heavy (non-hydrogen) atoms. The van der Waals surface area contributed by atoms with E-state index >= 15 is 0 Å².